The predicted octanol–water partition coefficient (Wildman–Crippen LogP) is 1.67. The third-order valence-corrected chi connectivity index (χ3v) is 9.40. The number of rotatable bonds is 5. The number of phenolic OH excluding ortho intramolecular Hbond substituents is 1. The van der Waals surface area contributed by atoms with E-state index in [1.807, 2.05) is 6.07 Å². The summed E-state index contributed by atoms with van der Waals surface area (Å²) in [4.78, 5) is 15.2. The number of hydrogen-bond acceptors (Lipinski definition) is 6. The van der Waals surface area contributed by atoms with Crippen molar-refractivity contribution < 1.29 is 24.9 Å². The number of carbonyl (C=O) groups excluding carboxylic acids is 1. The topological polar surface area (TPSA) is 90.2 Å². The fourth-order valence-electron chi connectivity index (χ4n) is 7.96. The summed E-state index contributed by atoms with van der Waals surface area (Å²) in [6, 6.07) is 3.82. The van der Waals surface area contributed by atoms with E-state index in [4.69, 9.17) is 24.4 Å². The Morgan fingerprint density at radius 2 is 2.20 bits per heavy atom. The molecule has 1 aromatic rings. The van der Waals surface area contributed by atoms with Crippen molar-refractivity contribution in [2.24, 2.45) is 11.8 Å². The van der Waals surface area contributed by atoms with Crippen molar-refractivity contribution in [2.75, 3.05) is 13.1 Å². The molecular weight excluding hydrogens is 382 g/mol. The Balaban J connectivity index is 1.48. The Morgan fingerprint density at radius 1 is 1.27 bits per heavy atom. The highest BCUT2D eigenvalue weighted by molar-refractivity contribution is 5.81. The highest BCUT2D eigenvalue weighted by atomic mass is 16.5. The number of ketones is 1. The Kier molecular flexibility index (Phi) is 2.74. The second-order valence-electron chi connectivity index (χ2n) is 10.8. The van der Waals surface area contributed by atoms with Crippen LogP contribution >= 0.6 is 0 Å². The number of fused-ring (bicyclic) bond motifs is 2. The van der Waals surface area contributed by atoms with Gasteiger partial charge in [-0.15, -0.1) is 0 Å². The summed E-state index contributed by atoms with van der Waals surface area (Å²) in [5.74, 6) is 1.53. The molecule has 2 bridgehead atoms. The number of phenols is 1. The maximum Gasteiger partial charge on any atom is 0.293 e. The van der Waals surface area contributed by atoms with Gasteiger partial charge in [0.15, 0.2) is 11.5 Å². The highest BCUT2D eigenvalue weighted by Gasteiger charge is 2.78. The monoisotopic (exact) mass is 414 g/mol. The lowest BCUT2D eigenvalue weighted by molar-refractivity contribution is -0.261. The number of likely N-dealkylation sites (tertiary alicyclic amines) is 1. The van der Waals surface area contributed by atoms with Crippen LogP contribution in [0, 0.1) is 11.8 Å². The highest BCUT2D eigenvalue weighted by Crippen LogP contribution is 2.69. The molecular formula is C24H29NO5. The van der Waals surface area contributed by atoms with Crippen molar-refractivity contribution in [1.82, 2.24) is 4.90 Å². The van der Waals surface area contributed by atoms with Crippen LogP contribution in [0.3, 0.4) is 0 Å². The Hall–Kier alpha value is -1.63. The number of nitrogens with zero attached hydrogens (tertiary/aromatic N) is 1. The van der Waals surface area contributed by atoms with E-state index in [1.54, 1.807) is 6.07 Å². The molecule has 160 valence electrons. The first-order valence-electron chi connectivity index (χ1n) is 12.8. The van der Waals surface area contributed by atoms with Crippen molar-refractivity contribution in [2.45, 2.75) is 80.1 Å². The van der Waals surface area contributed by atoms with Gasteiger partial charge in [0, 0.05) is 31.0 Å². The molecule has 3 N–H and O–H groups in total. The van der Waals surface area contributed by atoms with Crippen LogP contribution in [0.4, 0.5) is 0 Å². The maximum atomic E-state index is 12.7. The molecule has 4 aliphatic carbocycles. The molecule has 3 saturated carbocycles. The molecule has 0 amide bonds. The first-order valence-corrected chi connectivity index (χ1v) is 11.5. The molecule has 0 radical (unpaired) electrons. The van der Waals surface area contributed by atoms with E-state index in [-0.39, 0.29) is 24.2 Å². The van der Waals surface area contributed by atoms with Gasteiger partial charge >= 0.3 is 0 Å². The van der Waals surface area contributed by atoms with Gasteiger partial charge in [0.1, 0.15) is 17.5 Å². The van der Waals surface area contributed by atoms with Gasteiger partial charge in [0.05, 0.1) is 11.0 Å². The van der Waals surface area contributed by atoms with Gasteiger partial charge in [-0.25, -0.2) is 0 Å². The molecule has 0 aromatic heterocycles. The molecule has 0 unspecified atom stereocenters. The second-order valence-corrected chi connectivity index (χ2v) is 10.8. The van der Waals surface area contributed by atoms with Crippen LogP contribution < -0.4 is 4.74 Å². The molecule has 6 aliphatic rings. The number of aromatic hydroxyl groups is 1. The first kappa shape index (κ1) is 15.2. The molecule has 1 spiro atoms. The second kappa shape index (κ2) is 5.40. The molecule has 6 nitrogen and oxygen atoms in total. The van der Waals surface area contributed by atoms with Crippen LogP contribution in [0.5, 0.6) is 11.5 Å². The summed E-state index contributed by atoms with van der Waals surface area (Å²) in [6.07, 6.45) is 5.13. The number of ether oxygens (including phenoxy) is 1. The van der Waals surface area contributed by atoms with Gasteiger partial charge in [-0.3, -0.25) is 9.69 Å². The number of carbonyl (C=O) groups is 1. The average Bonchev–Trinajstić information content (AvgIpc) is 3.57. The van der Waals surface area contributed by atoms with Crippen LogP contribution in [-0.2, 0) is 16.6 Å². The lowest BCUT2D eigenvalue weighted by atomic mass is 9.43. The van der Waals surface area contributed by atoms with Crippen LogP contribution in [-0.4, -0.2) is 66.7 Å². The minimum absolute atomic E-state index is 0.0260. The Bertz CT molecular complexity index is 1040. The number of piperidine rings is 1. The van der Waals surface area contributed by atoms with E-state index in [2.05, 4.69) is 4.90 Å². The van der Waals surface area contributed by atoms with Crippen molar-refractivity contribution in [1.29, 1.82) is 4.29 Å². The molecule has 7 rings (SSSR count). The fraction of sp³-hybridized carbons (Fsp3) is 0.708. The van der Waals surface area contributed by atoms with Gasteiger partial charge in [0.25, 0.3) is 1.43 Å². The number of benzene rings is 1. The molecule has 1 saturated heterocycles. The fourth-order valence-corrected chi connectivity index (χ4v) is 7.96. The van der Waals surface area contributed by atoms with Gasteiger partial charge in [-0.2, -0.15) is 0 Å². The minimum atomic E-state index is -1.09. The standard InChI is InChI=1S/C24H29NO5/c26-16-5-4-15-10-24(29)18-9-14-3-6-17(27)20-19(14)22(24,21(30-20)23(15,28)11-16)7-8-25(18)12-13-1-2-13/h3,6,13,15,18,21,27-29H,1-2,4-5,7-12H2/t15-,18+,21+,22-,23-,24+/m0/s1/i28D,29D/hD. The third-order valence-electron chi connectivity index (χ3n) is 9.40. The van der Waals surface area contributed by atoms with Crippen molar-refractivity contribution in [3.05, 3.63) is 23.3 Å². The molecule has 2 heterocycles. The van der Waals surface area contributed by atoms with Crippen LogP contribution in [0.15, 0.2) is 12.1 Å². The predicted molar refractivity (Wildman–Crippen MR) is 107 cm³/mol. The molecule has 1 aromatic carbocycles. The number of aliphatic hydroxyl groups is 2. The van der Waals surface area contributed by atoms with Crippen LogP contribution in [0.25, 0.3) is 0 Å². The zero-order chi connectivity index (χ0) is 22.6. The van der Waals surface area contributed by atoms with E-state index in [0.29, 0.717) is 37.2 Å². The summed E-state index contributed by atoms with van der Waals surface area (Å²) < 4.78 is 31.0. The zero-order valence-electron chi connectivity index (χ0n) is 20.0. The summed E-state index contributed by atoms with van der Waals surface area (Å²) in [6.45, 7) is 1.88. The molecule has 30 heavy (non-hydrogen) atoms. The van der Waals surface area contributed by atoms with E-state index in [0.717, 1.165) is 36.6 Å². The number of Topliss-reactive ketones (excluding diaryl/α,β-unsaturated/α-hetero) is 1. The van der Waals surface area contributed by atoms with Crippen molar-refractivity contribution in [3.8, 4) is 11.5 Å². The lowest BCUT2D eigenvalue weighted by Crippen LogP contribution is -2.81. The maximum absolute atomic E-state index is 12.7. The average molecular weight is 415 g/mol. The SMILES string of the molecule is [2H]Oc1ccc2c3c1O[C@H]1[C@]4(O[2H])CC(=O)CC[C@H]4C[C@@]4(O[2H])[C@@H](C2)N(CC2CC2)CC[C@]314. The van der Waals surface area contributed by atoms with E-state index in [1.165, 1.54) is 12.8 Å². The largest absolute Gasteiger partial charge is 0.504 e. The van der Waals surface area contributed by atoms with Crippen molar-refractivity contribution >= 4 is 5.78 Å². The molecule has 6 atom stereocenters. The quantitative estimate of drug-likeness (QED) is 0.679. The van der Waals surface area contributed by atoms with Crippen molar-refractivity contribution in [3.63, 3.8) is 0 Å². The normalized spacial score (nSPS) is 47.4. The minimum Gasteiger partial charge on any atom is -0.504 e. The smallest absolute Gasteiger partial charge is 0.293 e. The van der Waals surface area contributed by atoms with Gasteiger partial charge in [-0.1, -0.05) is 6.07 Å². The third kappa shape index (κ3) is 1.91. The van der Waals surface area contributed by atoms with Gasteiger partial charge < -0.3 is 20.1 Å². The van der Waals surface area contributed by atoms with Crippen LogP contribution in [0.1, 0.15) is 56.1 Å². The summed E-state index contributed by atoms with van der Waals surface area (Å²) in [5, 5.41) is 16.4. The zero-order valence-corrected chi connectivity index (χ0v) is 17.0. The van der Waals surface area contributed by atoms with Gasteiger partial charge in [0.2, 0.25) is 2.86 Å². The lowest BCUT2D eigenvalue weighted by Gasteiger charge is -2.67. The summed E-state index contributed by atoms with van der Waals surface area (Å²) in [5.41, 5.74) is -0.539. The van der Waals surface area contributed by atoms with Gasteiger partial charge in [-0.05, 0) is 68.5 Å². The van der Waals surface area contributed by atoms with E-state index in [9.17, 15) is 4.79 Å². The molecule has 6 heteroatoms. The molecule has 2 aliphatic heterocycles. The summed E-state index contributed by atoms with van der Waals surface area (Å²) in [7, 11) is 0. The molecule has 4 fully saturated rings. The first-order chi connectivity index (χ1) is 16.0. The number of hydrogen-bond donors (Lipinski definition) is 3. The summed E-state index contributed by atoms with van der Waals surface area (Å²) >= 11 is 0. The Labute approximate surface area is 180 Å². The Morgan fingerprint density at radius 3 is 3.00 bits per heavy atom. The van der Waals surface area contributed by atoms with Crippen LogP contribution in [0.2, 0.25) is 0 Å². The van der Waals surface area contributed by atoms with E-state index >= 15 is 0 Å². The van der Waals surface area contributed by atoms with E-state index < -0.39 is 22.7 Å².